The molecule has 0 unspecified atom stereocenters. The number of nitrogens with zero attached hydrogens (tertiary/aromatic N) is 1. The first kappa shape index (κ1) is 23.1. The maximum atomic E-state index is 12.5. The van der Waals surface area contributed by atoms with Crippen molar-refractivity contribution >= 4 is 46.3 Å². The van der Waals surface area contributed by atoms with Crippen molar-refractivity contribution < 1.29 is 28.3 Å². The number of benzene rings is 1. The molecule has 0 atom stereocenters. The standard InChI is InChI=1S/C22H23N3O6S/c1-5-30-22(28)17-12(3)31-21(18(17)20(23)27)24-15(26)10-32-16-9-11(2)13-7-6-8-14(29-4)19(13)25-16/h6-9H,5,10H2,1-4H3,(H2,23,27)(H,24,26). The Balaban J connectivity index is 1.79. The normalized spacial score (nSPS) is 10.8. The van der Waals surface area contributed by atoms with Crippen molar-refractivity contribution in [3.8, 4) is 5.75 Å². The summed E-state index contributed by atoms with van der Waals surface area (Å²) in [4.78, 5) is 41.2. The number of fused-ring (bicyclic) bond motifs is 1. The second-order valence-electron chi connectivity index (χ2n) is 6.79. The van der Waals surface area contributed by atoms with Crippen LogP contribution >= 0.6 is 11.8 Å². The Bertz CT molecular complexity index is 1200. The predicted octanol–water partition coefficient (Wildman–Crippen LogP) is 3.46. The second kappa shape index (κ2) is 9.73. The minimum Gasteiger partial charge on any atom is -0.494 e. The summed E-state index contributed by atoms with van der Waals surface area (Å²) in [7, 11) is 1.57. The lowest BCUT2D eigenvalue weighted by Gasteiger charge is -2.09. The molecule has 168 valence electrons. The molecular weight excluding hydrogens is 434 g/mol. The highest BCUT2D eigenvalue weighted by Crippen LogP contribution is 2.30. The van der Waals surface area contributed by atoms with Gasteiger partial charge in [0.25, 0.3) is 5.91 Å². The van der Waals surface area contributed by atoms with Crippen LogP contribution in [-0.4, -0.2) is 42.2 Å². The van der Waals surface area contributed by atoms with Crippen molar-refractivity contribution in [3.05, 3.63) is 46.7 Å². The summed E-state index contributed by atoms with van der Waals surface area (Å²) in [6.45, 7) is 5.19. The van der Waals surface area contributed by atoms with Crippen LogP contribution in [-0.2, 0) is 9.53 Å². The number of thioether (sulfide) groups is 1. The number of hydrogen-bond acceptors (Lipinski definition) is 8. The van der Waals surface area contributed by atoms with Gasteiger partial charge in [0.2, 0.25) is 11.8 Å². The number of anilines is 1. The number of carbonyl (C=O) groups excluding carboxylic acids is 3. The SMILES string of the molecule is CCOC(=O)c1c(C)oc(NC(=O)CSc2cc(C)c3cccc(OC)c3n2)c1C(N)=O. The lowest BCUT2D eigenvalue weighted by molar-refractivity contribution is -0.113. The Morgan fingerprint density at radius 2 is 1.97 bits per heavy atom. The number of nitrogens with one attached hydrogen (secondary N) is 1. The number of rotatable bonds is 8. The Hall–Kier alpha value is -3.53. The number of carbonyl (C=O) groups is 3. The van der Waals surface area contributed by atoms with Gasteiger partial charge in [-0.25, -0.2) is 9.78 Å². The van der Waals surface area contributed by atoms with Crippen molar-refractivity contribution in [1.29, 1.82) is 0 Å². The third kappa shape index (κ3) is 4.70. The number of furan rings is 1. The summed E-state index contributed by atoms with van der Waals surface area (Å²) in [6, 6.07) is 7.54. The Morgan fingerprint density at radius 1 is 1.22 bits per heavy atom. The highest BCUT2D eigenvalue weighted by Gasteiger charge is 2.29. The van der Waals surface area contributed by atoms with E-state index < -0.39 is 17.8 Å². The number of hydrogen-bond donors (Lipinski definition) is 2. The number of para-hydroxylation sites is 1. The van der Waals surface area contributed by atoms with Crippen molar-refractivity contribution in [3.63, 3.8) is 0 Å². The van der Waals surface area contributed by atoms with Gasteiger partial charge >= 0.3 is 5.97 Å². The van der Waals surface area contributed by atoms with Crippen LogP contribution in [0.2, 0.25) is 0 Å². The van der Waals surface area contributed by atoms with E-state index in [4.69, 9.17) is 19.6 Å². The van der Waals surface area contributed by atoms with Crippen LogP contribution in [0, 0.1) is 13.8 Å². The lowest BCUT2D eigenvalue weighted by atomic mass is 10.1. The van der Waals surface area contributed by atoms with Gasteiger partial charge in [-0.2, -0.15) is 0 Å². The maximum Gasteiger partial charge on any atom is 0.342 e. The van der Waals surface area contributed by atoms with E-state index in [9.17, 15) is 14.4 Å². The molecule has 32 heavy (non-hydrogen) atoms. The zero-order valence-corrected chi connectivity index (χ0v) is 18.9. The first-order chi connectivity index (χ1) is 15.3. The molecule has 0 saturated carbocycles. The highest BCUT2D eigenvalue weighted by molar-refractivity contribution is 7.99. The van der Waals surface area contributed by atoms with E-state index in [-0.39, 0.29) is 35.1 Å². The largest absolute Gasteiger partial charge is 0.494 e. The number of aromatic nitrogens is 1. The lowest BCUT2D eigenvalue weighted by Crippen LogP contribution is -2.21. The third-order valence-electron chi connectivity index (χ3n) is 4.62. The first-order valence-corrected chi connectivity index (χ1v) is 10.7. The second-order valence-corrected chi connectivity index (χ2v) is 7.79. The number of amides is 2. The molecule has 0 spiro atoms. The molecule has 10 heteroatoms. The molecule has 2 heterocycles. The predicted molar refractivity (Wildman–Crippen MR) is 120 cm³/mol. The fourth-order valence-corrected chi connectivity index (χ4v) is 3.99. The number of methoxy groups -OCH3 is 1. The van der Waals surface area contributed by atoms with Gasteiger partial charge in [0.15, 0.2) is 0 Å². The quantitative estimate of drug-likeness (QED) is 0.388. The summed E-state index contributed by atoms with van der Waals surface area (Å²) in [6.07, 6.45) is 0. The molecule has 9 nitrogen and oxygen atoms in total. The van der Waals surface area contributed by atoms with E-state index >= 15 is 0 Å². The number of aryl methyl sites for hydroxylation is 2. The van der Waals surface area contributed by atoms with Crippen LogP contribution < -0.4 is 15.8 Å². The van der Waals surface area contributed by atoms with Crippen LogP contribution in [0.1, 0.15) is 39.0 Å². The average Bonchev–Trinajstić information content (AvgIpc) is 3.08. The van der Waals surface area contributed by atoms with Crippen LogP contribution in [0.25, 0.3) is 10.9 Å². The van der Waals surface area contributed by atoms with Gasteiger partial charge in [-0.3, -0.25) is 14.9 Å². The van der Waals surface area contributed by atoms with Gasteiger partial charge in [0.1, 0.15) is 28.2 Å². The zero-order chi connectivity index (χ0) is 23.4. The third-order valence-corrected chi connectivity index (χ3v) is 5.53. The highest BCUT2D eigenvalue weighted by atomic mass is 32.2. The van der Waals surface area contributed by atoms with E-state index in [1.54, 1.807) is 14.0 Å². The molecule has 3 N–H and O–H groups in total. The minimum atomic E-state index is -0.910. The minimum absolute atomic E-state index is 0.0141. The van der Waals surface area contributed by atoms with Crippen LogP contribution in [0.5, 0.6) is 5.75 Å². The van der Waals surface area contributed by atoms with E-state index in [0.29, 0.717) is 16.3 Å². The average molecular weight is 458 g/mol. The topological polar surface area (TPSA) is 134 Å². The smallest absolute Gasteiger partial charge is 0.342 e. The van der Waals surface area contributed by atoms with Crippen molar-refractivity contribution in [1.82, 2.24) is 4.98 Å². The van der Waals surface area contributed by atoms with E-state index in [0.717, 1.165) is 10.9 Å². The molecule has 1 aromatic carbocycles. The van der Waals surface area contributed by atoms with Gasteiger partial charge in [-0.1, -0.05) is 23.9 Å². The van der Waals surface area contributed by atoms with Gasteiger partial charge < -0.3 is 19.6 Å². The van der Waals surface area contributed by atoms with Crippen LogP contribution in [0.15, 0.2) is 33.7 Å². The number of esters is 1. The Labute approximate surface area is 188 Å². The Kier molecular flexibility index (Phi) is 7.04. The number of pyridine rings is 1. The molecule has 0 saturated heterocycles. The number of ether oxygens (including phenoxy) is 2. The molecule has 0 fully saturated rings. The maximum absolute atomic E-state index is 12.5. The van der Waals surface area contributed by atoms with E-state index in [2.05, 4.69) is 10.3 Å². The van der Waals surface area contributed by atoms with Gasteiger partial charge in [0, 0.05) is 5.39 Å². The Morgan fingerprint density at radius 3 is 2.62 bits per heavy atom. The fraction of sp³-hybridized carbons (Fsp3) is 0.273. The summed E-state index contributed by atoms with van der Waals surface area (Å²) in [5, 5.41) is 4.10. The molecular formula is C22H23N3O6S. The molecule has 2 amide bonds. The summed E-state index contributed by atoms with van der Waals surface area (Å²) in [5.41, 5.74) is 6.80. The van der Waals surface area contributed by atoms with Crippen LogP contribution in [0.3, 0.4) is 0 Å². The molecule has 3 aromatic rings. The summed E-state index contributed by atoms with van der Waals surface area (Å²) in [5.74, 6) is -1.55. The van der Waals surface area contributed by atoms with Gasteiger partial charge in [-0.15, -0.1) is 0 Å². The molecule has 3 rings (SSSR count). The monoisotopic (exact) mass is 457 g/mol. The molecule has 0 aliphatic carbocycles. The molecule has 2 aromatic heterocycles. The van der Waals surface area contributed by atoms with Crippen molar-refractivity contribution in [2.75, 3.05) is 24.8 Å². The number of nitrogens with two attached hydrogens (primary N) is 1. The summed E-state index contributed by atoms with van der Waals surface area (Å²) < 4.78 is 15.8. The zero-order valence-electron chi connectivity index (χ0n) is 18.1. The van der Waals surface area contributed by atoms with E-state index in [1.807, 2.05) is 31.2 Å². The van der Waals surface area contributed by atoms with E-state index in [1.165, 1.54) is 18.7 Å². The number of primary amides is 1. The fourth-order valence-electron chi connectivity index (χ4n) is 3.22. The first-order valence-electron chi connectivity index (χ1n) is 9.74. The van der Waals surface area contributed by atoms with Crippen molar-refractivity contribution in [2.24, 2.45) is 5.73 Å². The van der Waals surface area contributed by atoms with Gasteiger partial charge in [0.05, 0.1) is 24.5 Å². The molecule has 0 aliphatic heterocycles. The molecule has 0 bridgehead atoms. The molecule has 0 radical (unpaired) electrons. The van der Waals surface area contributed by atoms with Gasteiger partial charge in [-0.05, 0) is 38.5 Å². The molecule has 0 aliphatic rings. The van der Waals surface area contributed by atoms with Crippen molar-refractivity contribution in [2.45, 2.75) is 25.8 Å². The summed E-state index contributed by atoms with van der Waals surface area (Å²) >= 11 is 1.21. The van der Waals surface area contributed by atoms with Crippen LogP contribution in [0.4, 0.5) is 5.88 Å².